The summed E-state index contributed by atoms with van der Waals surface area (Å²) in [5, 5.41) is 0.989. The van der Waals surface area contributed by atoms with Gasteiger partial charge < -0.3 is 15.7 Å². The summed E-state index contributed by atoms with van der Waals surface area (Å²) in [5.74, 6) is 1.22. The first-order chi connectivity index (χ1) is 10.6. The van der Waals surface area contributed by atoms with Crippen molar-refractivity contribution in [1.82, 2.24) is 19.9 Å². The summed E-state index contributed by atoms with van der Waals surface area (Å²) in [4.78, 5) is 18.6. The number of aryl methyl sites for hydroxylation is 1. The number of rotatable bonds is 1. The first-order valence-electron chi connectivity index (χ1n) is 6.77. The summed E-state index contributed by atoms with van der Waals surface area (Å²) >= 11 is 0. The fourth-order valence-corrected chi connectivity index (χ4v) is 2.67. The molecule has 0 amide bonds. The number of anilines is 1. The van der Waals surface area contributed by atoms with E-state index in [1.165, 1.54) is 0 Å². The van der Waals surface area contributed by atoms with E-state index in [2.05, 4.69) is 24.8 Å². The molecule has 0 radical (unpaired) electrons. The molecule has 4 rings (SSSR count). The lowest BCUT2D eigenvalue weighted by Gasteiger charge is -2.01. The third-order valence-electron chi connectivity index (χ3n) is 3.62. The Morgan fingerprint density at radius 1 is 1.14 bits per heavy atom. The van der Waals surface area contributed by atoms with Crippen molar-refractivity contribution in [3.63, 3.8) is 0 Å². The zero-order valence-electron chi connectivity index (χ0n) is 11.8. The van der Waals surface area contributed by atoms with E-state index in [0.717, 1.165) is 33.5 Å². The molecule has 6 heteroatoms. The number of benzene rings is 1. The van der Waals surface area contributed by atoms with Crippen LogP contribution in [0.4, 0.5) is 11.5 Å². The number of fused-ring (bicyclic) bond motifs is 2. The smallest absolute Gasteiger partial charge is 0.187 e. The van der Waals surface area contributed by atoms with Gasteiger partial charge in [0, 0.05) is 16.8 Å². The molecule has 0 bridgehead atoms. The normalized spacial score (nSPS) is 11.1. The highest BCUT2D eigenvalue weighted by atomic mass is 15.0. The summed E-state index contributed by atoms with van der Waals surface area (Å²) in [6, 6.07) is 9.40. The Morgan fingerprint density at radius 3 is 2.82 bits per heavy atom. The highest BCUT2D eigenvalue weighted by Gasteiger charge is 2.12. The van der Waals surface area contributed by atoms with E-state index in [4.69, 9.17) is 12.3 Å². The number of hydrogen-bond donors (Lipinski definition) is 3. The molecule has 0 saturated heterocycles. The van der Waals surface area contributed by atoms with E-state index in [-0.39, 0.29) is 0 Å². The number of nitrogens with one attached hydrogen (secondary N) is 2. The average Bonchev–Trinajstić information content (AvgIpc) is 3.07. The van der Waals surface area contributed by atoms with Crippen molar-refractivity contribution in [2.75, 3.05) is 5.73 Å². The maximum Gasteiger partial charge on any atom is 0.187 e. The van der Waals surface area contributed by atoms with Gasteiger partial charge in [-0.2, -0.15) is 0 Å². The highest BCUT2D eigenvalue weighted by molar-refractivity contribution is 5.95. The molecule has 0 saturated carbocycles. The summed E-state index contributed by atoms with van der Waals surface area (Å²) in [5.41, 5.74) is 10.8. The van der Waals surface area contributed by atoms with Crippen LogP contribution in [0.25, 0.3) is 38.2 Å². The second-order valence-corrected chi connectivity index (χ2v) is 5.18. The zero-order chi connectivity index (χ0) is 15.3. The number of nitrogens with zero attached hydrogens (tertiary/aromatic N) is 3. The predicted molar refractivity (Wildman–Crippen MR) is 86.6 cm³/mol. The topological polar surface area (TPSA) is 87.7 Å². The monoisotopic (exact) mass is 288 g/mol. The van der Waals surface area contributed by atoms with E-state index in [0.29, 0.717) is 17.2 Å². The van der Waals surface area contributed by atoms with E-state index >= 15 is 0 Å². The van der Waals surface area contributed by atoms with Crippen molar-refractivity contribution in [3.8, 4) is 11.3 Å². The third-order valence-corrected chi connectivity index (χ3v) is 3.62. The number of pyridine rings is 1. The van der Waals surface area contributed by atoms with Crippen molar-refractivity contribution in [3.05, 3.63) is 47.6 Å². The summed E-state index contributed by atoms with van der Waals surface area (Å²) in [6.45, 7) is 8.99. The predicted octanol–water partition coefficient (Wildman–Crippen LogP) is 3.55. The molecule has 0 atom stereocenters. The van der Waals surface area contributed by atoms with Crippen LogP contribution in [0.15, 0.2) is 30.3 Å². The minimum atomic E-state index is 0.425. The van der Waals surface area contributed by atoms with E-state index in [1.54, 1.807) is 6.07 Å². The summed E-state index contributed by atoms with van der Waals surface area (Å²) in [6.07, 6.45) is 0. The lowest BCUT2D eigenvalue weighted by atomic mass is 10.1. The molecule has 0 aliphatic rings. The number of nitrogens with two attached hydrogens (primary N) is 1. The molecule has 22 heavy (non-hydrogen) atoms. The van der Waals surface area contributed by atoms with E-state index < -0.39 is 0 Å². The van der Waals surface area contributed by atoms with Gasteiger partial charge in [-0.1, -0.05) is 6.07 Å². The number of aromatic nitrogens is 4. The van der Waals surface area contributed by atoms with E-state index in [9.17, 15) is 0 Å². The van der Waals surface area contributed by atoms with Crippen LogP contribution in [-0.2, 0) is 0 Å². The maximum atomic E-state index is 7.11. The number of H-pyrrole nitrogens is 2. The number of nitrogen functional groups attached to an aromatic ring is 1. The minimum Gasteiger partial charge on any atom is -0.384 e. The Balaban J connectivity index is 2.00. The third kappa shape index (κ3) is 1.80. The molecule has 1 aromatic carbocycles. The van der Waals surface area contributed by atoms with Gasteiger partial charge in [0.15, 0.2) is 11.3 Å². The molecule has 6 nitrogen and oxygen atoms in total. The molecule has 0 unspecified atom stereocenters. The summed E-state index contributed by atoms with van der Waals surface area (Å²) in [7, 11) is 0. The van der Waals surface area contributed by atoms with Crippen LogP contribution in [0.3, 0.4) is 0 Å². The molecule has 106 valence electrons. The van der Waals surface area contributed by atoms with E-state index in [1.807, 2.05) is 31.2 Å². The maximum absolute atomic E-state index is 7.11. The molecule has 4 N–H and O–H groups in total. The first kappa shape index (κ1) is 12.4. The van der Waals surface area contributed by atoms with Gasteiger partial charge in [-0.15, -0.1) is 0 Å². The number of imidazole rings is 1. The van der Waals surface area contributed by atoms with Crippen LogP contribution in [-0.4, -0.2) is 19.9 Å². The number of hydrogen-bond acceptors (Lipinski definition) is 3. The highest BCUT2D eigenvalue weighted by Crippen LogP contribution is 2.31. The van der Waals surface area contributed by atoms with Crippen LogP contribution >= 0.6 is 0 Å². The largest absolute Gasteiger partial charge is 0.384 e. The Morgan fingerprint density at radius 2 is 2.00 bits per heavy atom. The molecular weight excluding hydrogens is 276 g/mol. The Labute approximate surface area is 125 Å². The first-order valence-corrected chi connectivity index (χ1v) is 6.77. The van der Waals surface area contributed by atoms with Gasteiger partial charge in [0.25, 0.3) is 0 Å². The van der Waals surface area contributed by atoms with Crippen LogP contribution in [0.5, 0.6) is 0 Å². The minimum absolute atomic E-state index is 0.425. The van der Waals surface area contributed by atoms with Gasteiger partial charge in [-0.25, -0.2) is 14.8 Å². The summed E-state index contributed by atoms with van der Waals surface area (Å²) < 4.78 is 0. The Bertz CT molecular complexity index is 1060. The molecular formula is C16H12N6. The van der Waals surface area contributed by atoms with Gasteiger partial charge in [0.05, 0.1) is 12.1 Å². The fourth-order valence-electron chi connectivity index (χ4n) is 2.67. The fraction of sp³-hybridized carbons (Fsp3) is 0.0625. The van der Waals surface area contributed by atoms with Gasteiger partial charge in [-0.3, -0.25) is 0 Å². The van der Waals surface area contributed by atoms with Crippen LogP contribution in [0.2, 0.25) is 0 Å². The van der Waals surface area contributed by atoms with Gasteiger partial charge >= 0.3 is 0 Å². The standard InChI is InChI=1S/C16H12N6/c1-8-19-15-11(7-14(17)22-16(15)20-8)13-6-9-5-10(18-2)3-4-12(9)21-13/h3-7,21H,1H3,(H3,17,19,20,22). The quantitative estimate of drug-likeness (QED) is 0.468. The van der Waals surface area contributed by atoms with Gasteiger partial charge in [0.1, 0.15) is 11.6 Å². The van der Waals surface area contributed by atoms with Crippen LogP contribution < -0.4 is 5.73 Å². The molecule has 3 heterocycles. The van der Waals surface area contributed by atoms with Crippen molar-refractivity contribution in [1.29, 1.82) is 0 Å². The average molecular weight is 288 g/mol. The SMILES string of the molecule is [C-]#[N+]c1ccc2[nH]c(-c3cc(N)nc4nc(C)[nH]c34)cc2c1. The van der Waals surface area contributed by atoms with Crippen molar-refractivity contribution < 1.29 is 0 Å². The van der Waals surface area contributed by atoms with Gasteiger partial charge in [0.2, 0.25) is 0 Å². The van der Waals surface area contributed by atoms with Crippen molar-refractivity contribution in [2.45, 2.75) is 6.92 Å². The zero-order valence-corrected chi connectivity index (χ0v) is 11.8. The number of aromatic amines is 2. The van der Waals surface area contributed by atoms with Gasteiger partial charge in [-0.05, 0) is 36.6 Å². The molecule has 3 aromatic heterocycles. The molecule has 0 spiro atoms. The Kier molecular flexibility index (Phi) is 2.44. The van der Waals surface area contributed by atoms with Crippen molar-refractivity contribution in [2.24, 2.45) is 0 Å². The molecule has 0 aliphatic carbocycles. The lowest BCUT2D eigenvalue weighted by molar-refractivity contribution is 1.16. The Hall–Kier alpha value is -3.33. The van der Waals surface area contributed by atoms with Crippen LogP contribution in [0, 0.1) is 13.5 Å². The second kappa shape index (κ2) is 4.33. The van der Waals surface area contributed by atoms with Crippen molar-refractivity contribution >= 4 is 33.6 Å². The second-order valence-electron chi connectivity index (χ2n) is 5.18. The molecule has 4 aromatic rings. The molecule has 0 fully saturated rings. The molecule has 0 aliphatic heterocycles. The van der Waals surface area contributed by atoms with Crippen LogP contribution in [0.1, 0.15) is 5.82 Å². The lowest BCUT2D eigenvalue weighted by Crippen LogP contribution is -1.92.